The van der Waals surface area contributed by atoms with Crippen LogP contribution >= 0.6 is 0 Å². The van der Waals surface area contributed by atoms with Gasteiger partial charge in [-0.25, -0.2) is 9.97 Å². The molecule has 0 aliphatic heterocycles. The zero-order valence-corrected chi connectivity index (χ0v) is 10.6. The molecule has 0 bridgehead atoms. The van der Waals surface area contributed by atoms with Gasteiger partial charge in [-0.3, -0.25) is 0 Å². The number of nitrogens with zero attached hydrogens (tertiary/aromatic N) is 2. The molecule has 1 heterocycles. The van der Waals surface area contributed by atoms with Crippen molar-refractivity contribution in [3.8, 4) is 0 Å². The molecule has 0 spiro atoms. The van der Waals surface area contributed by atoms with Gasteiger partial charge >= 0.3 is 58.4 Å². The van der Waals surface area contributed by atoms with E-state index in [9.17, 15) is 12.9 Å². The van der Waals surface area contributed by atoms with Crippen LogP contribution in [0.2, 0.25) is 0 Å². The van der Waals surface area contributed by atoms with E-state index in [-0.39, 0.29) is 51.4 Å². The van der Waals surface area contributed by atoms with E-state index in [0.717, 1.165) is 12.4 Å². The number of aromatic nitrogens is 2. The molecule has 0 radical (unpaired) electrons. The maximum atomic E-state index is 12.0. The molecule has 0 amide bonds. The fourth-order valence-corrected chi connectivity index (χ4v) is 0.716. The van der Waals surface area contributed by atoms with Crippen LogP contribution < -0.4 is 56.8 Å². The van der Waals surface area contributed by atoms with Crippen molar-refractivity contribution in [1.82, 2.24) is 9.97 Å². The monoisotopic (exact) mass is 214 g/mol. The molecule has 0 aliphatic carbocycles. The van der Waals surface area contributed by atoms with Gasteiger partial charge in [0.15, 0.2) is 0 Å². The minimum absolute atomic E-state index is 0. The summed E-state index contributed by atoms with van der Waals surface area (Å²) < 4.78 is 36.0. The Morgan fingerprint density at radius 1 is 1.23 bits per heavy atom. The number of hydrogen-bond donors (Lipinski definition) is 0. The Balaban J connectivity index is 0.00000144. The number of rotatable bonds is 2. The maximum Gasteiger partial charge on any atom is 1.00 e. The van der Waals surface area contributed by atoms with Gasteiger partial charge in [-0.1, -0.05) is 12.4 Å². The topological polar surface area (TPSA) is 25.8 Å². The van der Waals surface area contributed by atoms with E-state index in [1.54, 1.807) is 6.92 Å². The predicted octanol–water partition coefficient (Wildman–Crippen LogP) is -1.90. The van der Waals surface area contributed by atoms with E-state index in [2.05, 4.69) is 9.97 Å². The molecular weight excluding hydrogens is 207 g/mol. The molecule has 0 aromatic carbocycles. The molecule has 66 valence electrons. The third-order valence-electron chi connectivity index (χ3n) is 1.42. The summed E-state index contributed by atoms with van der Waals surface area (Å²) in [5, 5.41) is 0. The number of aryl methyl sites for hydroxylation is 1. The summed E-state index contributed by atoms with van der Waals surface area (Å²) in [6.07, 6.45) is 2.20. The van der Waals surface area contributed by atoms with Gasteiger partial charge in [0, 0.05) is 18.8 Å². The summed E-state index contributed by atoms with van der Waals surface area (Å²) in [7, 11) is 0. The van der Waals surface area contributed by atoms with Gasteiger partial charge in [-0.05, 0) is 0 Å². The van der Waals surface area contributed by atoms with Gasteiger partial charge in [0.05, 0.1) is 0 Å². The second-order valence-electron chi connectivity index (χ2n) is 2.36. The Bertz CT molecular complexity index is 262. The molecule has 1 aromatic heterocycles. The zero-order valence-electron chi connectivity index (χ0n) is 7.47. The molecule has 1 aromatic rings. The van der Waals surface area contributed by atoms with Gasteiger partial charge in [0.25, 0.3) is 0 Å². The van der Waals surface area contributed by atoms with Crippen LogP contribution in [0.4, 0.5) is 12.9 Å². The van der Waals surface area contributed by atoms with Gasteiger partial charge in [0.1, 0.15) is 5.82 Å². The van der Waals surface area contributed by atoms with Gasteiger partial charge in [0.2, 0.25) is 0 Å². The Hall–Kier alpha value is 0.571. The summed E-state index contributed by atoms with van der Waals surface area (Å²) >= 11 is 0. The average Bonchev–Trinajstić information content (AvgIpc) is 2.03. The van der Waals surface area contributed by atoms with Crippen LogP contribution in [0.25, 0.3) is 0 Å². The fraction of sp³-hybridized carbons (Fsp3) is 0.333. The smallest absolute Gasteiger partial charge is 0.445 e. The van der Waals surface area contributed by atoms with E-state index in [4.69, 9.17) is 0 Å². The first-order valence-electron chi connectivity index (χ1n) is 3.54. The van der Waals surface area contributed by atoms with Gasteiger partial charge in [-0.15, -0.1) is 0 Å². The van der Waals surface area contributed by atoms with Crippen molar-refractivity contribution in [2.45, 2.75) is 13.3 Å². The molecule has 0 fully saturated rings. The summed E-state index contributed by atoms with van der Waals surface area (Å²) in [6, 6.07) is 0. The second-order valence-corrected chi connectivity index (χ2v) is 2.36. The Labute approximate surface area is 117 Å². The van der Waals surface area contributed by atoms with Crippen LogP contribution in [0.1, 0.15) is 12.7 Å². The van der Waals surface area contributed by atoms with Crippen molar-refractivity contribution in [1.29, 1.82) is 0 Å². The molecule has 0 saturated heterocycles. The molecule has 0 saturated carbocycles. The van der Waals surface area contributed by atoms with E-state index in [1.807, 2.05) is 0 Å². The van der Waals surface area contributed by atoms with Crippen molar-refractivity contribution in [3.63, 3.8) is 0 Å². The molecule has 2 nitrogen and oxygen atoms in total. The summed E-state index contributed by atoms with van der Waals surface area (Å²) in [4.78, 5) is 7.10. The first-order valence-corrected chi connectivity index (χ1v) is 3.54. The maximum absolute atomic E-state index is 12.0. The Kier molecular flexibility index (Phi) is 5.69. The molecule has 0 N–H and O–H groups in total. The quantitative estimate of drug-likeness (QED) is 0.537. The Morgan fingerprint density at radius 2 is 1.69 bits per heavy atom. The van der Waals surface area contributed by atoms with Crippen LogP contribution in [0, 0.1) is 0 Å². The summed E-state index contributed by atoms with van der Waals surface area (Å²) in [5.74, 6) is 0.429. The third kappa shape index (κ3) is 4.07. The van der Waals surface area contributed by atoms with E-state index in [1.165, 1.54) is 0 Å². The van der Waals surface area contributed by atoms with E-state index < -0.39 is 12.4 Å². The average molecular weight is 214 g/mol. The summed E-state index contributed by atoms with van der Waals surface area (Å²) in [6.45, 7) is -3.16. The van der Waals surface area contributed by atoms with Crippen molar-refractivity contribution >= 4 is 12.4 Å². The van der Waals surface area contributed by atoms with Crippen molar-refractivity contribution in [3.05, 3.63) is 18.2 Å². The SMILES string of the molecule is CCc1ncc([B-](F)(F)F)cn1.[K+]. The largest absolute Gasteiger partial charge is 1.00 e. The predicted molar refractivity (Wildman–Crippen MR) is 40.1 cm³/mol. The molecule has 13 heavy (non-hydrogen) atoms. The molecule has 0 atom stereocenters. The number of hydrogen-bond acceptors (Lipinski definition) is 2. The standard InChI is InChI=1S/C6H7BF3N2.K/c1-2-6-11-3-5(4-12-6)7(8,9)10;/h3-4H,2H2,1H3;/q-1;+1. The minimum atomic E-state index is -4.95. The van der Waals surface area contributed by atoms with Crippen LogP contribution in [0.15, 0.2) is 12.4 Å². The van der Waals surface area contributed by atoms with Gasteiger partial charge < -0.3 is 12.9 Å². The Morgan fingerprint density at radius 3 is 2.00 bits per heavy atom. The molecule has 1 rings (SSSR count). The molecule has 7 heteroatoms. The molecular formula is C6H7BF3KN2. The zero-order chi connectivity index (χ0) is 9.19. The summed E-state index contributed by atoms with van der Waals surface area (Å²) in [5.41, 5.74) is -0.743. The first-order chi connectivity index (χ1) is 5.54. The van der Waals surface area contributed by atoms with Crippen LogP contribution in [-0.4, -0.2) is 16.9 Å². The van der Waals surface area contributed by atoms with E-state index >= 15 is 0 Å². The normalized spacial score (nSPS) is 10.8. The van der Waals surface area contributed by atoms with Crippen LogP contribution in [0.3, 0.4) is 0 Å². The first kappa shape index (κ1) is 13.6. The van der Waals surface area contributed by atoms with Crippen LogP contribution in [0.5, 0.6) is 0 Å². The van der Waals surface area contributed by atoms with Crippen LogP contribution in [-0.2, 0) is 6.42 Å². The van der Waals surface area contributed by atoms with Crippen molar-refractivity contribution in [2.75, 3.05) is 0 Å². The van der Waals surface area contributed by atoms with Crippen molar-refractivity contribution in [2.24, 2.45) is 0 Å². The molecule has 0 aliphatic rings. The van der Waals surface area contributed by atoms with Crippen molar-refractivity contribution < 1.29 is 64.3 Å². The van der Waals surface area contributed by atoms with E-state index in [0.29, 0.717) is 12.2 Å². The fourth-order valence-electron chi connectivity index (χ4n) is 0.716. The van der Waals surface area contributed by atoms with Gasteiger partial charge in [-0.2, -0.15) is 0 Å². The second kappa shape index (κ2) is 5.45. The third-order valence-corrected chi connectivity index (χ3v) is 1.42. The number of halogens is 3. The minimum Gasteiger partial charge on any atom is -0.445 e. The molecule has 0 unspecified atom stereocenters.